The predicted octanol–water partition coefficient (Wildman–Crippen LogP) is 5.57. The number of carbonyl (C=O) groups is 2. The van der Waals surface area contributed by atoms with E-state index in [1.165, 1.54) is 24.1 Å². The van der Waals surface area contributed by atoms with Crippen molar-refractivity contribution in [2.75, 3.05) is 18.0 Å². The summed E-state index contributed by atoms with van der Waals surface area (Å²) in [5.41, 5.74) is 1.74. The van der Waals surface area contributed by atoms with Gasteiger partial charge in [0.05, 0.1) is 17.7 Å². The Labute approximate surface area is 248 Å². The zero-order valence-electron chi connectivity index (χ0n) is 24.1. The molecule has 1 N–H and O–H groups in total. The van der Waals surface area contributed by atoms with E-state index in [0.717, 1.165) is 16.3 Å². The van der Waals surface area contributed by atoms with Gasteiger partial charge in [0, 0.05) is 17.6 Å². The van der Waals surface area contributed by atoms with E-state index in [0.29, 0.717) is 17.0 Å². The quantitative estimate of drug-likeness (QED) is 0.277. The molecule has 0 saturated carbocycles. The highest BCUT2D eigenvalue weighted by molar-refractivity contribution is 7.92. The average Bonchev–Trinajstić information content (AvgIpc) is 2.96. The van der Waals surface area contributed by atoms with E-state index in [-0.39, 0.29) is 34.8 Å². The third kappa shape index (κ3) is 7.80. The number of benzene rings is 3. The van der Waals surface area contributed by atoms with E-state index < -0.39 is 28.5 Å². The summed E-state index contributed by atoms with van der Waals surface area (Å²) in [5.74, 6) is -0.583. The zero-order chi connectivity index (χ0) is 30.2. The molecule has 3 rings (SSSR count). The van der Waals surface area contributed by atoms with E-state index in [4.69, 9.17) is 16.3 Å². The second-order valence-electron chi connectivity index (χ2n) is 9.85. The molecule has 0 aliphatic rings. The van der Waals surface area contributed by atoms with Crippen LogP contribution in [0.3, 0.4) is 0 Å². The molecule has 3 aromatic carbocycles. The number of para-hydroxylation sites is 2. The molecule has 0 aliphatic carbocycles. The van der Waals surface area contributed by atoms with Gasteiger partial charge in [-0.3, -0.25) is 13.9 Å². The second-order valence-corrected chi connectivity index (χ2v) is 12.1. The fourth-order valence-corrected chi connectivity index (χ4v) is 5.98. The number of nitrogens with zero attached hydrogens (tertiary/aromatic N) is 2. The molecule has 8 nitrogen and oxygen atoms in total. The number of amides is 2. The number of methoxy groups -OCH3 is 1. The number of halogens is 1. The number of hydrogen-bond donors (Lipinski definition) is 1. The van der Waals surface area contributed by atoms with Gasteiger partial charge in [0.25, 0.3) is 10.0 Å². The van der Waals surface area contributed by atoms with Crippen LogP contribution in [0.5, 0.6) is 5.75 Å². The van der Waals surface area contributed by atoms with Crippen LogP contribution in [-0.4, -0.2) is 50.9 Å². The molecule has 0 aromatic heterocycles. The van der Waals surface area contributed by atoms with Gasteiger partial charge in [-0.1, -0.05) is 73.5 Å². The number of anilines is 1. The molecule has 2 atom stereocenters. The van der Waals surface area contributed by atoms with Crippen LogP contribution in [0.4, 0.5) is 5.69 Å². The highest BCUT2D eigenvalue weighted by atomic mass is 35.5. The molecular weight excluding hydrogens is 562 g/mol. The van der Waals surface area contributed by atoms with Crippen molar-refractivity contribution >= 4 is 39.1 Å². The summed E-state index contributed by atoms with van der Waals surface area (Å²) >= 11 is 6.45. The molecule has 41 heavy (non-hydrogen) atoms. The van der Waals surface area contributed by atoms with Gasteiger partial charge in [-0.05, 0) is 62.6 Å². The maximum atomic E-state index is 14.2. The molecule has 0 bridgehead atoms. The monoisotopic (exact) mass is 599 g/mol. The Morgan fingerprint density at radius 2 is 1.59 bits per heavy atom. The highest BCUT2D eigenvalue weighted by Crippen LogP contribution is 2.33. The number of ether oxygens (including phenoxy) is 1. The molecular formula is C31H38ClN3O5S. The topological polar surface area (TPSA) is 96.0 Å². The summed E-state index contributed by atoms with van der Waals surface area (Å²) in [6.07, 6.45) is 1.04. The standard InChI is InChI=1S/C31H38ClN3O5S/c1-6-23(4)33-31(37)27(7-2)34(20-24-12-8-9-13-26(24)32)30(36)21-35(28-14-10-11-15-29(28)40-5)41(38,39)25-18-16-22(3)17-19-25/h8-19,23,27H,6-7,20-21H2,1-5H3,(H,33,37)/t23-,27-/m1/s1. The molecule has 0 aliphatic heterocycles. The Morgan fingerprint density at radius 3 is 2.20 bits per heavy atom. The molecule has 220 valence electrons. The number of carbonyl (C=O) groups excluding carboxylic acids is 2. The highest BCUT2D eigenvalue weighted by Gasteiger charge is 2.35. The van der Waals surface area contributed by atoms with Gasteiger partial charge in [-0.2, -0.15) is 0 Å². The lowest BCUT2D eigenvalue weighted by atomic mass is 10.1. The third-order valence-corrected chi connectivity index (χ3v) is 9.07. The fraction of sp³-hybridized carbons (Fsp3) is 0.355. The van der Waals surface area contributed by atoms with E-state index in [1.807, 2.05) is 27.7 Å². The summed E-state index contributed by atoms with van der Waals surface area (Å²) in [5, 5.41) is 3.40. The number of sulfonamides is 1. The molecule has 0 heterocycles. The zero-order valence-corrected chi connectivity index (χ0v) is 25.7. The van der Waals surface area contributed by atoms with Crippen LogP contribution in [0.2, 0.25) is 5.02 Å². The van der Waals surface area contributed by atoms with E-state index in [2.05, 4.69) is 5.32 Å². The van der Waals surface area contributed by atoms with Crippen molar-refractivity contribution in [3.05, 3.63) is 88.9 Å². The molecule has 0 saturated heterocycles. The summed E-state index contributed by atoms with van der Waals surface area (Å²) in [4.78, 5) is 29.0. The van der Waals surface area contributed by atoms with Crippen molar-refractivity contribution in [3.63, 3.8) is 0 Å². The number of rotatable bonds is 13. The third-order valence-electron chi connectivity index (χ3n) is 6.93. The van der Waals surface area contributed by atoms with Crippen LogP contribution in [0.15, 0.2) is 77.7 Å². The van der Waals surface area contributed by atoms with Crippen molar-refractivity contribution < 1.29 is 22.7 Å². The molecule has 2 amide bonds. The van der Waals surface area contributed by atoms with Crippen molar-refractivity contribution in [1.82, 2.24) is 10.2 Å². The first kappa shape index (κ1) is 32.0. The first-order valence-corrected chi connectivity index (χ1v) is 15.4. The number of aryl methyl sites for hydroxylation is 1. The van der Waals surface area contributed by atoms with Gasteiger partial charge in [0.2, 0.25) is 11.8 Å². The lowest BCUT2D eigenvalue weighted by molar-refractivity contribution is -0.140. The van der Waals surface area contributed by atoms with Crippen LogP contribution < -0.4 is 14.4 Å². The van der Waals surface area contributed by atoms with Gasteiger partial charge in [0.15, 0.2) is 0 Å². The lowest BCUT2D eigenvalue weighted by Crippen LogP contribution is -2.53. The van der Waals surface area contributed by atoms with Gasteiger partial charge in [-0.25, -0.2) is 8.42 Å². The summed E-state index contributed by atoms with van der Waals surface area (Å²) in [7, 11) is -2.77. The minimum Gasteiger partial charge on any atom is -0.495 e. The van der Waals surface area contributed by atoms with Crippen LogP contribution in [-0.2, 0) is 26.2 Å². The lowest BCUT2D eigenvalue weighted by Gasteiger charge is -2.34. The van der Waals surface area contributed by atoms with Crippen LogP contribution >= 0.6 is 11.6 Å². The first-order chi connectivity index (χ1) is 19.5. The van der Waals surface area contributed by atoms with Crippen LogP contribution in [0.1, 0.15) is 44.7 Å². The molecule has 0 fully saturated rings. The number of hydrogen-bond acceptors (Lipinski definition) is 5. The predicted molar refractivity (Wildman–Crippen MR) is 163 cm³/mol. The molecule has 0 unspecified atom stereocenters. The maximum absolute atomic E-state index is 14.2. The van der Waals surface area contributed by atoms with E-state index >= 15 is 0 Å². The smallest absolute Gasteiger partial charge is 0.264 e. The van der Waals surface area contributed by atoms with Crippen LogP contribution in [0.25, 0.3) is 0 Å². The van der Waals surface area contributed by atoms with Crippen molar-refractivity contribution in [2.45, 2.75) is 64.1 Å². The molecule has 0 radical (unpaired) electrons. The SMILES string of the molecule is CC[C@@H](C)NC(=O)[C@@H](CC)N(Cc1ccccc1Cl)C(=O)CN(c1ccccc1OC)S(=O)(=O)c1ccc(C)cc1. The Bertz CT molecular complexity index is 1450. The Hall–Kier alpha value is -3.56. The largest absolute Gasteiger partial charge is 0.495 e. The van der Waals surface area contributed by atoms with Gasteiger partial charge in [0.1, 0.15) is 18.3 Å². The first-order valence-electron chi connectivity index (χ1n) is 13.6. The van der Waals surface area contributed by atoms with Crippen LogP contribution in [0, 0.1) is 6.92 Å². The maximum Gasteiger partial charge on any atom is 0.264 e. The summed E-state index contributed by atoms with van der Waals surface area (Å²) in [6.45, 7) is 6.99. The summed E-state index contributed by atoms with van der Waals surface area (Å²) in [6, 6.07) is 19.2. The van der Waals surface area contributed by atoms with Gasteiger partial charge < -0.3 is 15.0 Å². The van der Waals surface area contributed by atoms with Gasteiger partial charge in [-0.15, -0.1) is 0 Å². The summed E-state index contributed by atoms with van der Waals surface area (Å²) < 4.78 is 34.6. The Morgan fingerprint density at radius 1 is 0.951 bits per heavy atom. The minimum atomic E-state index is -4.21. The van der Waals surface area contributed by atoms with Gasteiger partial charge >= 0.3 is 0 Å². The van der Waals surface area contributed by atoms with Crippen molar-refractivity contribution in [2.24, 2.45) is 0 Å². The molecule has 10 heteroatoms. The van der Waals surface area contributed by atoms with E-state index in [1.54, 1.807) is 60.7 Å². The molecule has 3 aromatic rings. The average molecular weight is 600 g/mol. The minimum absolute atomic E-state index is 0.0231. The normalized spacial score (nSPS) is 12.7. The molecule has 0 spiro atoms. The number of nitrogens with one attached hydrogen (secondary N) is 1. The Kier molecular flexibility index (Phi) is 11.2. The van der Waals surface area contributed by atoms with E-state index in [9.17, 15) is 18.0 Å². The Balaban J connectivity index is 2.11. The second kappa shape index (κ2) is 14.4. The fourth-order valence-electron chi connectivity index (χ4n) is 4.36. The van der Waals surface area contributed by atoms with Crippen molar-refractivity contribution in [1.29, 1.82) is 0 Å². The van der Waals surface area contributed by atoms with Crippen molar-refractivity contribution in [3.8, 4) is 5.75 Å².